The third kappa shape index (κ3) is 4.41. The van der Waals surface area contributed by atoms with Gasteiger partial charge in [-0.05, 0) is 33.1 Å². The molecular weight excluding hydrogens is 274 g/mol. The van der Waals surface area contributed by atoms with E-state index in [0.29, 0.717) is 19.6 Å². The summed E-state index contributed by atoms with van der Waals surface area (Å²) in [5.74, 6) is 0. The second-order valence-corrected chi connectivity index (χ2v) is 7.75. The molecule has 1 rings (SSSR count). The molecule has 1 atom stereocenters. The van der Waals surface area contributed by atoms with Gasteiger partial charge in [-0.3, -0.25) is 0 Å². The second kappa shape index (κ2) is 8.32. The summed E-state index contributed by atoms with van der Waals surface area (Å²) in [4.78, 5) is 0. The molecule has 0 spiro atoms. The number of nitrogens with zero attached hydrogens (tertiary/aromatic N) is 2. The van der Waals surface area contributed by atoms with Crippen molar-refractivity contribution in [2.75, 3.05) is 19.6 Å². The van der Waals surface area contributed by atoms with E-state index in [4.69, 9.17) is 5.73 Å². The highest BCUT2D eigenvalue weighted by atomic mass is 32.2. The topological polar surface area (TPSA) is 66.6 Å². The molecule has 0 radical (unpaired) electrons. The molecule has 0 aromatic heterocycles. The zero-order chi connectivity index (χ0) is 15.2. The summed E-state index contributed by atoms with van der Waals surface area (Å²) >= 11 is 0. The Morgan fingerprint density at radius 1 is 1.30 bits per heavy atom. The molecule has 1 aliphatic rings. The number of rotatable bonds is 8. The standard InChI is InChI=1S/C14H31N3O2S/c1-4-5-7-10-16(13(2)3)20(18,19)17-11-8-6-9-14(17)12-15/h13-14H,4-12,15H2,1-3H3. The Hall–Kier alpha value is -0.170. The van der Waals surface area contributed by atoms with Crippen molar-refractivity contribution in [3.63, 3.8) is 0 Å². The predicted octanol–water partition coefficient (Wildman–Crippen LogP) is 1.95. The lowest BCUT2D eigenvalue weighted by atomic mass is 10.1. The molecule has 0 amide bonds. The summed E-state index contributed by atoms with van der Waals surface area (Å²) in [6.07, 6.45) is 5.99. The number of nitrogens with two attached hydrogens (primary N) is 1. The average molecular weight is 305 g/mol. The molecule has 0 bridgehead atoms. The van der Waals surface area contributed by atoms with E-state index >= 15 is 0 Å². The monoisotopic (exact) mass is 305 g/mol. The molecular formula is C14H31N3O2S. The van der Waals surface area contributed by atoms with Gasteiger partial charge in [0.2, 0.25) is 0 Å². The van der Waals surface area contributed by atoms with Gasteiger partial charge >= 0.3 is 0 Å². The van der Waals surface area contributed by atoms with Gasteiger partial charge in [0.25, 0.3) is 10.2 Å². The first-order chi connectivity index (χ1) is 9.45. The highest BCUT2D eigenvalue weighted by Gasteiger charge is 2.36. The average Bonchev–Trinajstić information content (AvgIpc) is 2.42. The fourth-order valence-electron chi connectivity index (χ4n) is 2.81. The normalized spacial score (nSPS) is 21.8. The largest absolute Gasteiger partial charge is 0.329 e. The van der Waals surface area contributed by atoms with Crippen LogP contribution in [0.15, 0.2) is 0 Å². The molecule has 120 valence electrons. The fraction of sp³-hybridized carbons (Fsp3) is 1.00. The Bertz CT molecular complexity index is 371. The van der Waals surface area contributed by atoms with E-state index in [9.17, 15) is 8.42 Å². The molecule has 0 aromatic carbocycles. The maximum atomic E-state index is 12.9. The van der Waals surface area contributed by atoms with E-state index in [0.717, 1.165) is 38.5 Å². The Balaban J connectivity index is 2.85. The zero-order valence-corrected chi connectivity index (χ0v) is 14.0. The number of unbranched alkanes of at least 4 members (excludes halogenated alkanes) is 2. The molecule has 0 saturated carbocycles. The first-order valence-electron chi connectivity index (χ1n) is 7.93. The van der Waals surface area contributed by atoms with Crippen molar-refractivity contribution < 1.29 is 8.42 Å². The minimum Gasteiger partial charge on any atom is -0.329 e. The van der Waals surface area contributed by atoms with Crippen LogP contribution in [0.25, 0.3) is 0 Å². The molecule has 5 nitrogen and oxygen atoms in total. The molecule has 20 heavy (non-hydrogen) atoms. The lowest BCUT2D eigenvalue weighted by Gasteiger charge is -2.38. The number of hydrogen-bond acceptors (Lipinski definition) is 3. The van der Waals surface area contributed by atoms with Gasteiger partial charge in [-0.2, -0.15) is 17.0 Å². The maximum absolute atomic E-state index is 12.9. The molecule has 1 aliphatic heterocycles. The Labute approximate surface area is 124 Å². The number of piperidine rings is 1. The van der Waals surface area contributed by atoms with Crippen LogP contribution in [-0.2, 0) is 10.2 Å². The molecule has 1 heterocycles. The van der Waals surface area contributed by atoms with Crippen LogP contribution in [0.2, 0.25) is 0 Å². The SMILES string of the molecule is CCCCCN(C(C)C)S(=O)(=O)N1CCCCC1CN. The van der Waals surface area contributed by atoms with Gasteiger partial charge in [0.1, 0.15) is 0 Å². The van der Waals surface area contributed by atoms with Crippen LogP contribution < -0.4 is 5.73 Å². The summed E-state index contributed by atoms with van der Waals surface area (Å²) in [5.41, 5.74) is 5.76. The molecule has 1 unspecified atom stereocenters. The highest BCUT2D eigenvalue weighted by Crippen LogP contribution is 2.23. The summed E-state index contributed by atoms with van der Waals surface area (Å²) in [5, 5.41) is 0. The fourth-order valence-corrected chi connectivity index (χ4v) is 4.90. The first-order valence-corrected chi connectivity index (χ1v) is 9.33. The lowest BCUT2D eigenvalue weighted by Crippen LogP contribution is -2.54. The Morgan fingerprint density at radius 3 is 2.55 bits per heavy atom. The maximum Gasteiger partial charge on any atom is 0.282 e. The third-order valence-corrected chi connectivity index (χ3v) is 6.27. The van der Waals surface area contributed by atoms with Crippen LogP contribution in [0.5, 0.6) is 0 Å². The molecule has 2 N–H and O–H groups in total. The minimum absolute atomic E-state index is 0.00259. The van der Waals surface area contributed by atoms with E-state index in [1.165, 1.54) is 0 Å². The predicted molar refractivity (Wildman–Crippen MR) is 83.7 cm³/mol. The van der Waals surface area contributed by atoms with Crippen molar-refractivity contribution in [2.24, 2.45) is 5.73 Å². The van der Waals surface area contributed by atoms with E-state index in [1.807, 2.05) is 13.8 Å². The molecule has 0 aliphatic carbocycles. The summed E-state index contributed by atoms with van der Waals surface area (Å²) in [6, 6.07) is -0.0293. The van der Waals surface area contributed by atoms with Gasteiger partial charge in [0.05, 0.1) is 0 Å². The van der Waals surface area contributed by atoms with Gasteiger partial charge in [-0.15, -0.1) is 0 Å². The van der Waals surface area contributed by atoms with E-state index in [-0.39, 0.29) is 12.1 Å². The van der Waals surface area contributed by atoms with E-state index in [1.54, 1.807) is 8.61 Å². The van der Waals surface area contributed by atoms with Crippen molar-refractivity contribution in [1.29, 1.82) is 0 Å². The van der Waals surface area contributed by atoms with Crippen molar-refractivity contribution in [1.82, 2.24) is 8.61 Å². The van der Waals surface area contributed by atoms with Gasteiger partial charge in [-0.25, -0.2) is 0 Å². The first kappa shape index (κ1) is 17.9. The molecule has 1 fully saturated rings. The summed E-state index contributed by atoms with van der Waals surface area (Å²) in [7, 11) is -3.38. The van der Waals surface area contributed by atoms with Crippen molar-refractivity contribution >= 4 is 10.2 Å². The molecule has 0 aromatic rings. The third-order valence-electron chi connectivity index (χ3n) is 4.00. The summed E-state index contributed by atoms with van der Waals surface area (Å²) < 4.78 is 29.1. The van der Waals surface area contributed by atoms with Gasteiger partial charge in [-0.1, -0.05) is 26.2 Å². The van der Waals surface area contributed by atoms with Crippen molar-refractivity contribution in [2.45, 2.75) is 71.4 Å². The lowest BCUT2D eigenvalue weighted by molar-refractivity contribution is 0.225. The van der Waals surface area contributed by atoms with Crippen LogP contribution in [-0.4, -0.2) is 48.7 Å². The Kier molecular flexibility index (Phi) is 7.43. The minimum atomic E-state index is -3.38. The molecule has 6 heteroatoms. The number of hydrogen-bond donors (Lipinski definition) is 1. The van der Waals surface area contributed by atoms with Gasteiger partial charge in [0.15, 0.2) is 0 Å². The van der Waals surface area contributed by atoms with E-state index in [2.05, 4.69) is 6.92 Å². The van der Waals surface area contributed by atoms with Gasteiger partial charge in [0, 0.05) is 31.7 Å². The quantitative estimate of drug-likeness (QED) is 0.697. The van der Waals surface area contributed by atoms with Crippen LogP contribution in [0, 0.1) is 0 Å². The smallest absolute Gasteiger partial charge is 0.282 e. The second-order valence-electron chi connectivity index (χ2n) is 5.92. The highest BCUT2D eigenvalue weighted by molar-refractivity contribution is 7.86. The van der Waals surface area contributed by atoms with Crippen LogP contribution >= 0.6 is 0 Å². The van der Waals surface area contributed by atoms with Crippen LogP contribution in [0.1, 0.15) is 59.3 Å². The van der Waals surface area contributed by atoms with Gasteiger partial charge < -0.3 is 5.73 Å². The van der Waals surface area contributed by atoms with Crippen LogP contribution in [0.4, 0.5) is 0 Å². The van der Waals surface area contributed by atoms with Crippen LogP contribution in [0.3, 0.4) is 0 Å². The Morgan fingerprint density at radius 2 is 2.00 bits per heavy atom. The zero-order valence-electron chi connectivity index (χ0n) is 13.2. The summed E-state index contributed by atoms with van der Waals surface area (Å²) in [6.45, 7) is 7.67. The molecule has 1 saturated heterocycles. The van der Waals surface area contributed by atoms with Crippen molar-refractivity contribution in [3.8, 4) is 0 Å². The van der Waals surface area contributed by atoms with E-state index < -0.39 is 10.2 Å². The van der Waals surface area contributed by atoms with Crippen molar-refractivity contribution in [3.05, 3.63) is 0 Å².